The quantitative estimate of drug-likeness (QED) is 0.613. The van der Waals surface area contributed by atoms with Crippen molar-refractivity contribution >= 4 is 25.4 Å². The lowest BCUT2D eigenvalue weighted by atomic mass is 9.99. The van der Waals surface area contributed by atoms with Crippen LogP contribution in [0.2, 0.25) is 0 Å². The van der Waals surface area contributed by atoms with Crippen molar-refractivity contribution in [3.05, 3.63) is 24.5 Å². The Morgan fingerprint density at radius 1 is 1.16 bits per heavy atom. The average Bonchev–Trinajstić information content (AvgIpc) is 2.95. The number of hydrogen-bond acceptors (Lipinski definition) is 8. The number of hydrogen-bond donors (Lipinski definition) is 1. The Morgan fingerprint density at radius 3 is 2.56 bits per heavy atom. The molecule has 9 nitrogen and oxygen atoms in total. The van der Waals surface area contributed by atoms with E-state index in [0.717, 1.165) is 12.1 Å². The van der Waals surface area contributed by atoms with Crippen LogP contribution < -0.4 is 5.73 Å². The molecule has 5 unspecified atom stereocenters. The van der Waals surface area contributed by atoms with E-state index < -0.39 is 14.2 Å². The lowest BCUT2D eigenvalue weighted by molar-refractivity contribution is -0.159. The van der Waals surface area contributed by atoms with Crippen LogP contribution in [0.1, 0.15) is 54.0 Å². The van der Waals surface area contributed by atoms with Crippen LogP contribution in [0.3, 0.4) is 0 Å². The van der Waals surface area contributed by atoms with Crippen molar-refractivity contribution in [2.24, 2.45) is 11.3 Å². The minimum absolute atomic E-state index is 0.0500. The Balaban J connectivity index is 1.49. The third-order valence-electron chi connectivity index (χ3n) is 6.36. The van der Waals surface area contributed by atoms with Crippen molar-refractivity contribution in [3.63, 3.8) is 0 Å². The maximum absolute atomic E-state index is 6.45. The van der Waals surface area contributed by atoms with E-state index in [-0.39, 0.29) is 35.9 Å². The predicted octanol–water partition coefficient (Wildman–Crippen LogP) is 4.17. The molecule has 2 aromatic heterocycles. The molecule has 3 heterocycles. The molecule has 32 heavy (non-hydrogen) atoms. The maximum atomic E-state index is 6.45. The number of ether oxygens (including phenoxy) is 2. The molecule has 1 saturated heterocycles. The predicted molar refractivity (Wildman–Crippen MR) is 122 cm³/mol. The van der Waals surface area contributed by atoms with Gasteiger partial charge < -0.3 is 28.8 Å². The van der Waals surface area contributed by atoms with Crippen molar-refractivity contribution < 1.29 is 18.5 Å². The molecule has 2 N–H and O–H groups in total. The molecule has 2 aliphatic carbocycles. The van der Waals surface area contributed by atoms with E-state index in [4.69, 9.17) is 24.3 Å². The van der Waals surface area contributed by atoms with Crippen molar-refractivity contribution in [2.45, 2.75) is 84.2 Å². The summed E-state index contributed by atoms with van der Waals surface area (Å²) >= 11 is 0. The Labute approximate surface area is 189 Å². The second kappa shape index (κ2) is 7.71. The van der Waals surface area contributed by atoms with Gasteiger partial charge in [-0.05, 0) is 59.7 Å². The Morgan fingerprint density at radius 2 is 1.88 bits per heavy atom. The summed E-state index contributed by atoms with van der Waals surface area (Å²) in [5, 5.41) is 0. The van der Waals surface area contributed by atoms with Gasteiger partial charge in [-0.2, -0.15) is 0 Å². The number of nitrogens with zero attached hydrogens (tertiary/aromatic N) is 4. The number of anilines is 1. The highest BCUT2D eigenvalue weighted by Gasteiger charge is 2.75. The van der Waals surface area contributed by atoms with Crippen molar-refractivity contribution in [1.82, 2.24) is 19.5 Å². The minimum Gasteiger partial charge on any atom is -0.382 e. The monoisotopic (exact) mass is 461 g/mol. The summed E-state index contributed by atoms with van der Waals surface area (Å²) in [5.74, 6) is 2.18. The zero-order valence-corrected chi connectivity index (χ0v) is 20.3. The van der Waals surface area contributed by atoms with Gasteiger partial charge in [-0.25, -0.2) is 15.0 Å². The number of nitrogen functional groups attached to an aromatic ring is 1. The second-order valence-electron chi connectivity index (χ2n) is 9.93. The molecule has 0 spiro atoms. The highest BCUT2D eigenvalue weighted by Crippen LogP contribution is 2.72. The van der Waals surface area contributed by atoms with Gasteiger partial charge in [-0.15, -0.1) is 0 Å². The van der Waals surface area contributed by atoms with Gasteiger partial charge in [0.2, 0.25) is 0 Å². The van der Waals surface area contributed by atoms with Gasteiger partial charge in [0.1, 0.15) is 17.9 Å². The molecule has 0 radical (unpaired) electrons. The van der Waals surface area contributed by atoms with Gasteiger partial charge in [0.15, 0.2) is 25.6 Å². The zero-order valence-electron chi connectivity index (χ0n) is 19.4. The largest absolute Gasteiger partial charge is 0.382 e. The van der Waals surface area contributed by atoms with E-state index in [2.05, 4.69) is 31.4 Å². The lowest BCUT2D eigenvalue weighted by Crippen LogP contribution is -2.31. The van der Waals surface area contributed by atoms with E-state index in [1.54, 1.807) is 6.33 Å². The van der Waals surface area contributed by atoms with Gasteiger partial charge in [-0.1, -0.05) is 6.08 Å². The fraction of sp³-hybridized carbons (Fsp3) is 0.682. The molecule has 5 rings (SSSR count). The molecule has 2 saturated carbocycles. The molecule has 2 aromatic rings. The number of aromatic nitrogens is 4. The smallest absolute Gasteiger partial charge is 0.197 e. The van der Waals surface area contributed by atoms with Crippen LogP contribution >= 0.6 is 8.38 Å². The van der Waals surface area contributed by atoms with E-state index in [9.17, 15) is 0 Å². The van der Waals surface area contributed by atoms with Gasteiger partial charge in [0.25, 0.3) is 0 Å². The number of fused-ring (bicyclic) bond motifs is 4. The lowest BCUT2D eigenvalue weighted by Gasteiger charge is -2.24. The number of imidazole rings is 1. The van der Waals surface area contributed by atoms with E-state index >= 15 is 0 Å². The Kier molecular flexibility index (Phi) is 5.34. The average molecular weight is 462 g/mol. The van der Waals surface area contributed by atoms with Crippen molar-refractivity contribution in [3.8, 4) is 0 Å². The fourth-order valence-electron chi connectivity index (χ4n) is 5.21. The van der Waals surface area contributed by atoms with Gasteiger partial charge in [0.05, 0.1) is 30.7 Å². The van der Waals surface area contributed by atoms with Crippen LogP contribution in [-0.2, 0) is 18.5 Å². The van der Waals surface area contributed by atoms with Crippen LogP contribution in [0.4, 0.5) is 5.82 Å². The fourth-order valence-corrected chi connectivity index (χ4v) is 6.63. The summed E-state index contributed by atoms with van der Waals surface area (Å²) in [6.07, 6.45) is 6.57. The Bertz CT molecular complexity index is 1030. The highest BCUT2D eigenvalue weighted by atomic mass is 31.2. The maximum Gasteiger partial charge on any atom is 0.197 e. The SMILES string of the molecule is CC(C)OP(C=CC12CC1C(n1cnc3c(N)ncnc31)C1OC(C)(C)OC12)OC(C)C. The molecule has 0 amide bonds. The van der Waals surface area contributed by atoms with Crippen LogP contribution in [0.15, 0.2) is 24.5 Å². The summed E-state index contributed by atoms with van der Waals surface area (Å²) in [4.78, 5) is 13.0. The van der Waals surface area contributed by atoms with Crippen LogP contribution in [0.5, 0.6) is 0 Å². The molecule has 3 aliphatic rings. The normalized spacial score (nSPS) is 33.2. The molecule has 0 aromatic carbocycles. The zero-order chi connectivity index (χ0) is 22.8. The standard InChI is InChI=1S/C22H32N5O4P/c1-12(2)30-32(31-13(3)4)8-7-22-9-14(22)16(17-18(22)29-21(5,6)28-17)27-11-26-15-19(23)24-10-25-20(15)27/h7-8,10-14,16-18H,9H2,1-6H3,(H2,23,24,25). The number of nitrogens with two attached hydrogens (primary N) is 1. The van der Waals surface area contributed by atoms with Crippen molar-refractivity contribution in [1.29, 1.82) is 0 Å². The summed E-state index contributed by atoms with van der Waals surface area (Å²) < 4.78 is 27.1. The number of rotatable bonds is 7. The molecular formula is C22H32N5O4P. The molecule has 174 valence electrons. The summed E-state index contributed by atoms with van der Waals surface area (Å²) in [6.45, 7) is 12.1. The summed E-state index contributed by atoms with van der Waals surface area (Å²) in [6, 6.07) is 0.0500. The molecule has 1 aliphatic heterocycles. The van der Waals surface area contributed by atoms with Gasteiger partial charge >= 0.3 is 0 Å². The molecule has 10 heteroatoms. The summed E-state index contributed by atoms with van der Waals surface area (Å²) in [5.41, 5.74) is 7.26. The van der Waals surface area contributed by atoms with Crippen LogP contribution in [0.25, 0.3) is 11.2 Å². The summed E-state index contributed by atoms with van der Waals surface area (Å²) in [7, 11) is -1.13. The van der Waals surface area contributed by atoms with Crippen LogP contribution in [-0.4, -0.2) is 49.7 Å². The second-order valence-corrected chi connectivity index (χ2v) is 11.2. The van der Waals surface area contributed by atoms with E-state index in [0.29, 0.717) is 17.3 Å². The first-order chi connectivity index (χ1) is 15.1. The van der Waals surface area contributed by atoms with Crippen molar-refractivity contribution in [2.75, 3.05) is 5.73 Å². The first-order valence-corrected chi connectivity index (χ1v) is 12.5. The van der Waals surface area contributed by atoms with E-state index in [1.165, 1.54) is 6.33 Å². The van der Waals surface area contributed by atoms with Gasteiger partial charge in [0, 0.05) is 5.41 Å². The van der Waals surface area contributed by atoms with Crippen LogP contribution in [0, 0.1) is 11.3 Å². The Hall–Kier alpha value is -1.64. The topological polar surface area (TPSA) is 107 Å². The molecule has 0 bridgehead atoms. The molecular weight excluding hydrogens is 429 g/mol. The highest BCUT2D eigenvalue weighted by molar-refractivity contribution is 7.50. The van der Waals surface area contributed by atoms with E-state index in [1.807, 2.05) is 41.5 Å². The van der Waals surface area contributed by atoms with Gasteiger partial charge in [-0.3, -0.25) is 0 Å². The third kappa shape index (κ3) is 3.64. The molecule has 5 atom stereocenters. The first-order valence-electron chi connectivity index (χ1n) is 11.2. The first kappa shape index (κ1) is 22.2. The molecule has 3 fully saturated rings. The minimum atomic E-state index is -1.13. The third-order valence-corrected chi connectivity index (χ3v) is 8.01.